The minimum atomic E-state index is -0.451. The highest BCUT2D eigenvalue weighted by Gasteiger charge is 2.32. The number of hydrogen-bond donors (Lipinski definition) is 0. The summed E-state index contributed by atoms with van der Waals surface area (Å²) in [5, 5.41) is 0. The van der Waals surface area contributed by atoms with E-state index in [1.54, 1.807) is 0 Å². The molecule has 0 saturated heterocycles. The van der Waals surface area contributed by atoms with Crippen LogP contribution in [0.2, 0.25) is 0 Å². The summed E-state index contributed by atoms with van der Waals surface area (Å²) in [6.45, 7) is 6.47. The molecule has 0 spiro atoms. The predicted molar refractivity (Wildman–Crippen MR) is 109 cm³/mol. The fourth-order valence-electron chi connectivity index (χ4n) is 3.67. The van der Waals surface area contributed by atoms with E-state index < -0.39 is 5.41 Å². The van der Waals surface area contributed by atoms with Crippen LogP contribution in [-0.4, -0.2) is 12.6 Å². The summed E-state index contributed by atoms with van der Waals surface area (Å²) in [4.78, 5) is 23.2. The van der Waals surface area contributed by atoms with Gasteiger partial charge in [0.2, 0.25) is 0 Å². The van der Waals surface area contributed by atoms with Crippen LogP contribution in [0.1, 0.15) is 124 Å². The Balaban J connectivity index is 4.00. The van der Waals surface area contributed by atoms with E-state index in [9.17, 15) is 9.59 Å². The third-order valence-electron chi connectivity index (χ3n) is 5.72. The maximum Gasteiger partial charge on any atom is 0.126 e. The lowest BCUT2D eigenvalue weighted by atomic mass is 9.73. The zero-order valence-electron chi connectivity index (χ0n) is 17.4. The number of unbranched alkanes of at least 4 members (excludes halogenated alkanes) is 12. The molecule has 0 aromatic heterocycles. The normalized spacial score (nSPS) is 14.8. The van der Waals surface area contributed by atoms with Gasteiger partial charge in [0.05, 0.1) is 0 Å². The van der Waals surface area contributed by atoms with Crippen LogP contribution in [-0.2, 0) is 9.59 Å². The number of carbonyl (C=O) groups excluding carboxylic acids is 2. The van der Waals surface area contributed by atoms with Crippen molar-refractivity contribution in [3.05, 3.63) is 0 Å². The van der Waals surface area contributed by atoms with Gasteiger partial charge in [-0.2, -0.15) is 0 Å². The van der Waals surface area contributed by atoms with E-state index in [1.807, 2.05) is 6.92 Å². The first-order valence-corrected chi connectivity index (χ1v) is 11.1. The Bertz CT molecular complexity index is 313. The standard InChI is InChI=1S/C23H44O2/c1-4-6-8-10-12-14-16-18-22(20-24)23(3,21-25)19-17-15-13-11-9-7-5-2/h20-22H,4-19H2,1-3H3. The van der Waals surface area contributed by atoms with Gasteiger partial charge in [-0.05, 0) is 12.8 Å². The van der Waals surface area contributed by atoms with Gasteiger partial charge in [-0.3, -0.25) is 0 Å². The molecule has 0 rings (SSSR count). The van der Waals surface area contributed by atoms with Crippen LogP contribution in [0.5, 0.6) is 0 Å². The second-order valence-corrected chi connectivity index (χ2v) is 8.15. The molecule has 0 aliphatic carbocycles. The molecule has 0 N–H and O–H groups in total. The van der Waals surface area contributed by atoms with Crippen molar-refractivity contribution in [2.75, 3.05) is 0 Å². The SMILES string of the molecule is CCCCCCCCCC(C=O)C(C)(C=O)CCCCCCCCC. The largest absolute Gasteiger partial charge is 0.303 e. The van der Waals surface area contributed by atoms with Crippen LogP contribution in [0, 0.1) is 11.3 Å². The highest BCUT2D eigenvalue weighted by molar-refractivity contribution is 5.68. The first kappa shape index (κ1) is 24.3. The van der Waals surface area contributed by atoms with Gasteiger partial charge in [0.25, 0.3) is 0 Å². The number of rotatable bonds is 19. The lowest BCUT2D eigenvalue weighted by Gasteiger charge is -2.29. The predicted octanol–water partition coefficient (Wildman–Crippen LogP) is 7.29. The Morgan fingerprint density at radius 2 is 1.12 bits per heavy atom. The van der Waals surface area contributed by atoms with Gasteiger partial charge < -0.3 is 9.59 Å². The monoisotopic (exact) mass is 352 g/mol. The minimum absolute atomic E-state index is 0.0965. The quantitative estimate of drug-likeness (QED) is 0.181. The van der Waals surface area contributed by atoms with Crippen LogP contribution in [0.3, 0.4) is 0 Å². The van der Waals surface area contributed by atoms with E-state index in [-0.39, 0.29) is 5.92 Å². The molecule has 2 heteroatoms. The molecule has 0 bridgehead atoms. The molecule has 2 atom stereocenters. The van der Waals surface area contributed by atoms with Crippen LogP contribution >= 0.6 is 0 Å². The van der Waals surface area contributed by atoms with Gasteiger partial charge in [0, 0.05) is 11.3 Å². The van der Waals surface area contributed by atoms with Crippen molar-refractivity contribution >= 4 is 12.6 Å². The Kier molecular flexibility index (Phi) is 16.3. The zero-order chi connectivity index (χ0) is 18.8. The molecular formula is C23H44O2. The van der Waals surface area contributed by atoms with Crippen molar-refractivity contribution in [1.29, 1.82) is 0 Å². The van der Waals surface area contributed by atoms with E-state index in [1.165, 1.54) is 77.0 Å². The molecule has 0 aromatic rings. The van der Waals surface area contributed by atoms with Crippen molar-refractivity contribution in [3.8, 4) is 0 Å². The van der Waals surface area contributed by atoms with Crippen molar-refractivity contribution in [3.63, 3.8) is 0 Å². The molecule has 25 heavy (non-hydrogen) atoms. The molecule has 2 nitrogen and oxygen atoms in total. The van der Waals surface area contributed by atoms with Crippen LogP contribution in [0.4, 0.5) is 0 Å². The van der Waals surface area contributed by atoms with Crippen LogP contribution < -0.4 is 0 Å². The number of aldehydes is 2. The van der Waals surface area contributed by atoms with Gasteiger partial charge in [0.1, 0.15) is 12.6 Å². The molecule has 0 saturated carbocycles. The topological polar surface area (TPSA) is 34.1 Å². The van der Waals surface area contributed by atoms with Crippen molar-refractivity contribution in [2.24, 2.45) is 11.3 Å². The first-order valence-electron chi connectivity index (χ1n) is 11.1. The summed E-state index contributed by atoms with van der Waals surface area (Å²) >= 11 is 0. The van der Waals surface area contributed by atoms with E-state index in [4.69, 9.17) is 0 Å². The average Bonchev–Trinajstić information content (AvgIpc) is 2.63. The first-order chi connectivity index (χ1) is 12.1. The van der Waals surface area contributed by atoms with E-state index in [2.05, 4.69) is 13.8 Å². The van der Waals surface area contributed by atoms with E-state index >= 15 is 0 Å². The minimum Gasteiger partial charge on any atom is -0.303 e. The average molecular weight is 353 g/mol. The van der Waals surface area contributed by atoms with E-state index in [0.717, 1.165) is 38.3 Å². The summed E-state index contributed by atoms with van der Waals surface area (Å²) in [6, 6.07) is 0. The van der Waals surface area contributed by atoms with Gasteiger partial charge >= 0.3 is 0 Å². The number of hydrogen-bond acceptors (Lipinski definition) is 2. The summed E-state index contributed by atoms with van der Waals surface area (Å²) in [7, 11) is 0. The second kappa shape index (κ2) is 16.8. The molecular weight excluding hydrogens is 308 g/mol. The molecule has 0 radical (unpaired) electrons. The van der Waals surface area contributed by atoms with Gasteiger partial charge in [-0.1, -0.05) is 111 Å². The Labute approximate surface area is 157 Å². The summed E-state index contributed by atoms with van der Waals surface area (Å²) in [5.41, 5.74) is -0.451. The zero-order valence-corrected chi connectivity index (χ0v) is 17.4. The summed E-state index contributed by atoms with van der Waals surface area (Å²) in [6.07, 6.45) is 21.4. The van der Waals surface area contributed by atoms with Crippen LogP contribution in [0.15, 0.2) is 0 Å². The highest BCUT2D eigenvalue weighted by Crippen LogP contribution is 2.34. The lowest BCUT2D eigenvalue weighted by Crippen LogP contribution is -2.30. The second-order valence-electron chi connectivity index (χ2n) is 8.15. The van der Waals surface area contributed by atoms with E-state index in [0.29, 0.717) is 0 Å². The van der Waals surface area contributed by atoms with Gasteiger partial charge in [-0.15, -0.1) is 0 Å². The highest BCUT2D eigenvalue weighted by atomic mass is 16.1. The van der Waals surface area contributed by atoms with Crippen LogP contribution in [0.25, 0.3) is 0 Å². The third-order valence-corrected chi connectivity index (χ3v) is 5.72. The third kappa shape index (κ3) is 12.3. The van der Waals surface area contributed by atoms with Gasteiger partial charge in [-0.25, -0.2) is 0 Å². The smallest absolute Gasteiger partial charge is 0.126 e. The summed E-state index contributed by atoms with van der Waals surface area (Å²) in [5.74, 6) is -0.0965. The van der Waals surface area contributed by atoms with Crippen molar-refractivity contribution in [1.82, 2.24) is 0 Å². The Hall–Kier alpha value is -0.660. The number of carbonyl (C=O) groups is 2. The van der Waals surface area contributed by atoms with Crippen molar-refractivity contribution < 1.29 is 9.59 Å². The summed E-state index contributed by atoms with van der Waals surface area (Å²) < 4.78 is 0. The molecule has 0 aliphatic heterocycles. The Morgan fingerprint density at radius 3 is 1.56 bits per heavy atom. The molecule has 0 aromatic carbocycles. The fraction of sp³-hybridized carbons (Fsp3) is 0.913. The van der Waals surface area contributed by atoms with Gasteiger partial charge in [0.15, 0.2) is 0 Å². The maximum atomic E-state index is 11.7. The molecule has 0 fully saturated rings. The van der Waals surface area contributed by atoms with Crippen molar-refractivity contribution in [2.45, 2.75) is 124 Å². The molecule has 2 unspecified atom stereocenters. The molecule has 0 heterocycles. The molecule has 148 valence electrons. The molecule has 0 amide bonds. The Morgan fingerprint density at radius 1 is 0.680 bits per heavy atom. The maximum absolute atomic E-state index is 11.7. The lowest BCUT2D eigenvalue weighted by molar-refractivity contribution is -0.125. The molecule has 0 aliphatic rings. The fourth-order valence-corrected chi connectivity index (χ4v) is 3.67.